The number of unbranched alkanes of at least 4 members (excludes halogenated alkanes) is 13. The normalized spacial score (nSPS) is 13.5. The van der Waals surface area contributed by atoms with Crippen LogP contribution in [0.4, 0.5) is 0 Å². The molecular formula is C46H80NO8+. The van der Waals surface area contributed by atoms with E-state index in [0.717, 1.165) is 70.6 Å². The van der Waals surface area contributed by atoms with Crippen LogP contribution in [0.1, 0.15) is 155 Å². The van der Waals surface area contributed by atoms with Crippen molar-refractivity contribution in [2.45, 2.75) is 167 Å². The molecule has 0 bridgehead atoms. The average Bonchev–Trinajstić information content (AvgIpc) is 3.14. The predicted octanol–water partition coefficient (Wildman–Crippen LogP) is 11.0. The Morgan fingerprint density at radius 2 is 1.04 bits per heavy atom. The number of allylic oxidation sites excluding steroid dienone is 10. The molecule has 0 saturated heterocycles. The maximum Gasteiger partial charge on any atom is 0.361 e. The van der Waals surface area contributed by atoms with Crippen LogP contribution in [0.15, 0.2) is 60.8 Å². The van der Waals surface area contributed by atoms with Gasteiger partial charge in [0.2, 0.25) is 0 Å². The second-order valence-corrected chi connectivity index (χ2v) is 15.3. The molecule has 0 amide bonds. The monoisotopic (exact) mass is 775 g/mol. The molecule has 0 rings (SSSR count). The van der Waals surface area contributed by atoms with Gasteiger partial charge in [0.25, 0.3) is 6.29 Å². The number of nitrogens with zero attached hydrogens (tertiary/aromatic N) is 1. The van der Waals surface area contributed by atoms with Crippen LogP contribution in [0.2, 0.25) is 0 Å². The van der Waals surface area contributed by atoms with E-state index < -0.39 is 24.3 Å². The number of hydrogen-bond acceptors (Lipinski definition) is 7. The summed E-state index contributed by atoms with van der Waals surface area (Å²) in [6, 6.07) is 0. The van der Waals surface area contributed by atoms with Crippen LogP contribution in [0.5, 0.6) is 0 Å². The zero-order valence-corrected chi connectivity index (χ0v) is 35.6. The van der Waals surface area contributed by atoms with E-state index in [1.54, 1.807) is 0 Å². The molecule has 0 aromatic rings. The third-order valence-electron chi connectivity index (χ3n) is 8.79. The number of carboxylic acid groups (broad SMARTS) is 1. The van der Waals surface area contributed by atoms with Crippen LogP contribution in [-0.2, 0) is 33.3 Å². The lowest BCUT2D eigenvalue weighted by molar-refractivity contribution is -0.870. The Balaban J connectivity index is 4.53. The Morgan fingerprint density at radius 1 is 0.564 bits per heavy atom. The second kappa shape index (κ2) is 37.9. The average molecular weight is 775 g/mol. The molecule has 9 nitrogen and oxygen atoms in total. The van der Waals surface area contributed by atoms with Gasteiger partial charge in [-0.3, -0.25) is 9.59 Å². The first kappa shape index (κ1) is 52.0. The Hall–Kier alpha value is -3.01. The predicted molar refractivity (Wildman–Crippen MR) is 226 cm³/mol. The molecule has 0 fully saturated rings. The second-order valence-electron chi connectivity index (χ2n) is 15.3. The van der Waals surface area contributed by atoms with Crippen molar-refractivity contribution in [3.8, 4) is 0 Å². The quantitative estimate of drug-likeness (QED) is 0.0217. The van der Waals surface area contributed by atoms with Gasteiger partial charge < -0.3 is 28.5 Å². The summed E-state index contributed by atoms with van der Waals surface area (Å²) in [7, 11) is 5.93. The number of carbonyl (C=O) groups is 3. The maximum atomic E-state index is 12.7. The van der Waals surface area contributed by atoms with Crippen molar-refractivity contribution in [2.75, 3.05) is 47.5 Å². The van der Waals surface area contributed by atoms with E-state index in [4.69, 9.17) is 18.9 Å². The van der Waals surface area contributed by atoms with Crippen molar-refractivity contribution >= 4 is 17.9 Å². The van der Waals surface area contributed by atoms with Crippen LogP contribution in [0, 0.1) is 0 Å². The lowest BCUT2D eigenvalue weighted by Gasteiger charge is -2.25. The molecule has 0 aliphatic carbocycles. The summed E-state index contributed by atoms with van der Waals surface area (Å²) in [4.78, 5) is 37.0. The van der Waals surface area contributed by atoms with Crippen LogP contribution < -0.4 is 0 Å². The molecule has 0 aliphatic rings. The highest BCUT2D eigenvalue weighted by Crippen LogP contribution is 2.13. The van der Waals surface area contributed by atoms with Gasteiger partial charge >= 0.3 is 17.9 Å². The Bertz CT molecular complexity index is 1090. The molecule has 9 heteroatoms. The van der Waals surface area contributed by atoms with Gasteiger partial charge in [0.1, 0.15) is 13.2 Å². The van der Waals surface area contributed by atoms with Crippen LogP contribution in [0.3, 0.4) is 0 Å². The van der Waals surface area contributed by atoms with Gasteiger partial charge in [0, 0.05) is 12.8 Å². The van der Waals surface area contributed by atoms with E-state index in [9.17, 15) is 19.5 Å². The van der Waals surface area contributed by atoms with Crippen molar-refractivity contribution in [3.05, 3.63) is 60.8 Å². The molecule has 0 heterocycles. The van der Waals surface area contributed by atoms with Crippen molar-refractivity contribution in [1.29, 1.82) is 0 Å². The molecule has 2 atom stereocenters. The summed E-state index contributed by atoms with van der Waals surface area (Å²) in [6.45, 7) is 4.69. The van der Waals surface area contributed by atoms with E-state index in [1.807, 2.05) is 21.1 Å². The summed E-state index contributed by atoms with van der Waals surface area (Å²) < 4.78 is 22.6. The molecule has 1 N–H and O–H groups in total. The van der Waals surface area contributed by atoms with E-state index in [2.05, 4.69) is 74.6 Å². The lowest BCUT2D eigenvalue weighted by Crippen LogP contribution is -2.40. The lowest BCUT2D eigenvalue weighted by atomic mass is 10.1. The fraction of sp³-hybridized carbons (Fsp3) is 0.717. The number of likely N-dealkylation sites (N-methyl/N-ethyl adjacent to an activating group) is 1. The molecule has 0 saturated carbocycles. The third-order valence-corrected chi connectivity index (χ3v) is 8.79. The number of carboxylic acids is 1. The van der Waals surface area contributed by atoms with E-state index >= 15 is 0 Å². The van der Waals surface area contributed by atoms with Crippen molar-refractivity contribution < 1.29 is 42.9 Å². The van der Waals surface area contributed by atoms with Gasteiger partial charge in [-0.15, -0.1) is 0 Å². The first-order chi connectivity index (χ1) is 26.6. The van der Waals surface area contributed by atoms with Crippen LogP contribution in [0.25, 0.3) is 0 Å². The molecule has 0 spiro atoms. The summed E-state index contributed by atoms with van der Waals surface area (Å²) in [5.74, 6) is -2.06. The zero-order chi connectivity index (χ0) is 40.7. The highest BCUT2D eigenvalue weighted by Gasteiger charge is 2.25. The number of rotatable bonds is 38. The minimum atomic E-state index is -1.52. The number of esters is 2. The molecule has 316 valence electrons. The minimum absolute atomic E-state index is 0.179. The third kappa shape index (κ3) is 39.0. The maximum absolute atomic E-state index is 12.7. The van der Waals surface area contributed by atoms with Gasteiger partial charge in [-0.25, -0.2) is 4.79 Å². The molecule has 55 heavy (non-hydrogen) atoms. The number of carbonyl (C=O) groups excluding carboxylic acids is 2. The van der Waals surface area contributed by atoms with Crippen molar-refractivity contribution in [2.24, 2.45) is 0 Å². The van der Waals surface area contributed by atoms with Gasteiger partial charge in [-0.2, -0.15) is 0 Å². The zero-order valence-electron chi connectivity index (χ0n) is 35.6. The number of quaternary nitrogens is 1. The van der Waals surface area contributed by atoms with Gasteiger partial charge in [-0.1, -0.05) is 145 Å². The molecule has 0 aromatic heterocycles. The fourth-order valence-electron chi connectivity index (χ4n) is 5.45. The SMILES string of the molecule is CC/C=C\C/C=C\C/C=C\C/C=C\C/C=C\CCCCCC(=O)OC(COC(=O)CCCCCCCCCCCCC)COC(OCC[N+](C)(C)C)C(=O)O. The van der Waals surface area contributed by atoms with Crippen LogP contribution in [-0.4, -0.2) is 87.4 Å². The topological polar surface area (TPSA) is 108 Å². The minimum Gasteiger partial charge on any atom is -0.477 e. The number of ether oxygens (including phenoxy) is 4. The highest BCUT2D eigenvalue weighted by atomic mass is 16.7. The fourth-order valence-corrected chi connectivity index (χ4v) is 5.45. The summed E-state index contributed by atoms with van der Waals surface area (Å²) >= 11 is 0. The van der Waals surface area contributed by atoms with Crippen molar-refractivity contribution in [1.82, 2.24) is 0 Å². The first-order valence-corrected chi connectivity index (χ1v) is 21.5. The first-order valence-electron chi connectivity index (χ1n) is 21.5. The number of aliphatic carboxylic acids is 1. The van der Waals surface area contributed by atoms with Crippen molar-refractivity contribution in [3.63, 3.8) is 0 Å². The van der Waals surface area contributed by atoms with E-state index in [-0.39, 0.29) is 32.2 Å². The van der Waals surface area contributed by atoms with E-state index in [0.29, 0.717) is 23.9 Å². The van der Waals surface area contributed by atoms with Gasteiger partial charge in [-0.05, 0) is 57.8 Å². The van der Waals surface area contributed by atoms with Crippen LogP contribution >= 0.6 is 0 Å². The smallest absolute Gasteiger partial charge is 0.361 e. The Labute approximate surface area is 335 Å². The highest BCUT2D eigenvalue weighted by molar-refractivity contribution is 5.71. The standard InChI is InChI=1S/C46H79NO8/c1-6-8-10-12-14-16-18-19-20-21-22-23-24-25-27-29-31-33-35-37-44(49)55-42(41-54-46(45(50)51)52-39-38-47(3,4)5)40-53-43(48)36-34-32-30-28-26-17-15-13-11-9-7-2/h8,10,14,16,19-20,22-23,25,27,42,46H,6-7,9,11-13,15,17-18,21,24,26,28-41H2,1-5H3/p+1/b10-8-,16-14-,20-19-,23-22-,27-25-. The summed E-state index contributed by atoms with van der Waals surface area (Å²) in [5, 5.41) is 9.61. The number of hydrogen-bond donors (Lipinski definition) is 1. The Kier molecular flexibility index (Phi) is 35.8. The molecule has 0 radical (unpaired) electrons. The van der Waals surface area contributed by atoms with Gasteiger partial charge in [0.15, 0.2) is 6.10 Å². The molecule has 0 aromatic carbocycles. The Morgan fingerprint density at radius 3 is 1.55 bits per heavy atom. The molecule has 0 aliphatic heterocycles. The molecule has 2 unspecified atom stereocenters. The summed E-state index contributed by atoms with van der Waals surface area (Å²) in [5.41, 5.74) is 0. The molecular weight excluding hydrogens is 695 g/mol. The van der Waals surface area contributed by atoms with E-state index in [1.165, 1.54) is 51.4 Å². The largest absolute Gasteiger partial charge is 0.477 e. The van der Waals surface area contributed by atoms with Gasteiger partial charge in [0.05, 0.1) is 34.4 Å². The summed E-state index contributed by atoms with van der Waals surface area (Å²) in [6.07, 6.45) is 41.4.